The lowest BCUT2D eigenvalue weighted by Crippen LogP contribution is -2.33. The fraction of sp³-hybridized carbons (Fsp3) is 0.929. The van der Waals surface area contributed by atoms with E-state index in [1.807, 2.05) is 18.7 Å². The van der Waals surface area contributed by atoms with Gasteiger partial charge in [-0.3, -0.25) is 4.79 Å². The SMILES string of the molecule is CC.CCC.CCCC(=O)N1CC(P)CC1C. The van der Waals surface area contributed by atoms with Crippen molar-refractivity contribution in [2.75, 3.05) is 6.54 Å². The summed E-state index contributed by atoms with van der Waals surface area (Å²) in [6, 6.07) is 0.451. The molecule has 0 bridgehead atoms. The summed E-state index contributed by atoms with van der Waals surface area (Å²) in [6.45, 7) is 13.4. The van der Waals surface area contributed by atoms with Gasteiger partial charge >= 0.3 is 0 Å². The number of carbonyl (C=O) groups excluding carboxylic acids is 1. The summed E-state index contributed by atoms with van der Waals surface area (Å²) in [5.41, 5.74) is 0.612. The highest BCUT2D eigenvalue weighted by molar-refractivity contribution is 7.17. The molecule has 1 aliphatic heterocycles. The summed E-state index contributed by atoms with van der Waals surface area (Å²) >= 11 is 0. The van der Waals surface area contributed by atoms with Gasteiger partial charge < -0.3 is 4.90 Å². The molecule has 0 saturated carbocycles. The van der Waals surface area contributed by atoms with Gasteiger partial charge in [-0.1, -0.05) is 41.0 Å². The topological polar surface area (TPSA) is 20.3 Å². The Morgan fingerprint density at radius 3 is 2.06 bits per heavy atom. The van der Waals surface area contributed by atoms with Gasteiger partial charge in [-0.05, 0) is 25.4 Å². The number of hydrogen-bond acceptors (Lipinski definition) is 1. The zero-order chi connectivity index (χ0) is 13.8. The van der Waals surface area contributed by atoms with Gasteiger partial charge in [-0.25, -0.2) is 0 Å². The van der Waals surface area contributed by atoms with Crippen LogP contribution in [0.25, 0.3) is 0 Å². The quantitative estimate of drug-likeness (QED) is 0.685. The first-order chi connectivity index (χ1) is 8.06. The second-order valence-electron chi connectivity index (χ2n) is 4.35. The molecule has 17 heavy (non-hydrogen) atoms. The highest BCUT2D eigenvalue weighted by atomic mass is 31.0. The van der Waals surface area contributed by atoms with Gasteiger partial charge in [0.2, 0.25) is 5.91 Å². The normalized spacial score (nSPS) is 22.2. The van der Waals surface area contributed by atoms with Gasteiger partial charge in [-0.2, -0.15) is 0 Å². The van der Waals surface area contributed by atoms with E-state index < -0.39 is 0 Å². The molecule has 104 valence electrons. The van der Waals surface area contributed by atoms with Gasteiger partial charge in [0.1, 0.15) is 0 Å². The molecule has 1 rings (SSSR count). The van der Waals surface area contributed by atoms with Gasteiger partial charge in [0.25, 0.3) is 0 Å². The van der Waals surface area contributed by atoms with E-state index in [0.29, 0.717) is 24.0 Å². The molecule has 3 atom stereocenters. The van der Waals surface area contributed by atoms with E-state index in [1.54, 1.807) is 0 Å². The molecule has 1 heterocycles. The Balaban J connectivity index is 0. The second kappa shape index (κ2) is 12.4. The molecule has 0 aromatic rings. The molecule has 1 aliphatic rings. The number of rotatable bonds is 2. The third-order valence-corrected chi connectivity index (χ3v) is 2.87. The molecule has 0 aromatic carbocycles. The summed E-state index contributed by atoms with van der Waals surface area (Å²) in [7, 11) is 2.81. The van der Waals surface area contributed by atoms with Crippen LogP contribution in [0.2, 0.25) is 0 Å². The monoisotopic (exact) mass is 261 g/mol. The summed E-state index contributed by atoms with van der Waals surface area (Å²) in [6.07, 6.45) is 4.06. The van der Waals surface area contributed by atoms with Crippen LogP contribution in [0.5, 0.6) is 0 Å². The van der Waals surface area contributed by atoms with E-state index in [9.17, 15) is 4.79 Å². The Hall–Kier alpha value is -0.100. The Labute approximate surface area is 111 Å². The van der Waals surface area contributed by atoms with E-state index in [-0.39, 0.29) is 0 Å². The number of likely N-dealkylation sites (tertiary alicyclic amines) is 1. The maximum absolute atomic E-state index is 11.5. The molecular formula is C14H32NOP. The van der Waals surface area contributed by atoms with Crippen molar-refractivity contribution in [3.8, 4) is 0 Å². The Bertz CT molecular complexity index is 185. The Morgan fingerprint density at radius 2 is 1.76 bits per heavy atom. The van der Waals surface area contributed by atoms with Crippen LogP contribution in [0, 0.1) is 0 Å². The van der Waals surface area contributed by atoms with E-state index in [1.165, 1.54) is 6.42 Å². The zero-order valence-corrected chi connectivity index (χ0v) is 13.8. The molecule has 0 radical (unpaired) electrons. The van der Waals surface area contributed by atoms with Crippen molar-refractivity contribution in [3.63, 3.8) is 0 Å². The molecule has 1 fully saturated rings. The summed E-state index contributed by atoms with van der Waals surface area (Å²) in [4.78, 5) is 13.5. The minimum Gasteiger partial charge on any atom is -0.339 e. The first-order valence-corrected chi connectivity index (χ1v) is 7.78. The van der Waals surface area contributed by atoms with Crippen LogP contribution in [0.15, 0.2) is 0 Å². The van der Waals surface area contributed by atoms with Crippen molar-refractivity contribution in [1.82, 2.24) is 4.90 Å². The third kappa shape index (κ3) is 8.60. The van der Waals surface area contributed by atoms with E-state index in [0.717, 1.165) is 19.4 Å². The number of hydrogen-bond donors (Lipinski definition) is 0. The molecule has 0 aliphatic carbocycles. The van der Waals surface area contributed by atoms with Gasteiger partial charge in [0, 0.05) is 19.0 Å². The number of amides is 1. The lowest BCUT2D eigenvalue weighted by atomic mass is 10.2. The fourth-order valence-corrected chi connectivity index (χ4v) is 2.40. The molecule has 0 aromatic heterocycles. The lowest BCUT2D eigenvalue weighted by molar-refractivity contribution is -0.131. The van der Waals surface area contributed by atoms with Crippen LogP contribution < -0.4 is 0 Å². The van der Waals surface area contributed by atoms with Crippen LogP contribution in [0.3, 0.4) is 0 Å². The highest BCUT2D eigenvalue weighted by Crippen LogP contribution is 2.23. The molecule has 0 N–H and O–H groups in total. The standard InChI is InChI=1S/C9H18NOP.C3H8.C2H6/c1-3-4-9(11)10-6-8(12)5-7(10)2;1-3-2;1-2/h7-8H,3-6,12H2,1-2H3;3H2,1-2H3;1-2H3. The summed E-state index contributed by atoms with van der Waals surface area (Å²) in [5, 5.41) is 0. The largest absolute Gasteiger partial charge is 0.339 e. The van der Waals surface area contributed by atoms with Gasteiger partial charge in [-0.15, -0.1) is 9.24 Å². The third-order valence-electron chi connectivity index (χ3n) is 2.39. The average molecular weight is 261 g/mol. The van der Waals surface area contributed by atoms with Crippen LogP contribution in [-0.2, 0) is 4.79 Å². The number of carbonyl (C=O) groups is 1. The maximum Gasteiger partial charge on any atom is 0.222 e. The molecule has 1 amide bonds. The van der Waals surface area contributed by atoms with Gasteiger partial charge in [0.15, 0.2) is 0 Å². The van der Waals surface area contributed by atoms with Crippen LogP contribution in [0.4, 0.5) is 0 Å². The van der Waals surface area contributed by atoms with Crippen molar-refractivity contribution in [2.45, 2.75) is 78.9 Å². The van der Waals surface area contributed by atoms with E-state index in [2.05, 4.69) is 36.9 Å². The van der Waals surface area contributed by atoms with Crippen LogP contribution in [0.1, 0.15) is 67.2 Å². The van der Waals surface area contributed by atoms with Crippen molar-refractivity contribution in [3.05, 3.63) is 0 Å². The second-order valence-corrected chi connectivity index (χ2v) is 5.29. The van der Waals surface area contributed by atoms with Crippen molar-refractivity contribution >= 4 is 15.1 Å². The highest BCUT2D eigenvalue weighted by Gasteiger charge is 2.28. The Kier molecular flexibility index (Phi) is 14.0. The van der Waals surface area contributed by atoms with Crippen molar-refractivity contribution in [2.24, 2.45) is 0 Å². The van der Waals surface area contributed by atoms with Crippen molar-refractivity contribution in [1.29, 1.82) is 0 Å². The first-order valence-electron chi connectivity index (χ1n) is 7.11. The summed E-state index contributed by atoms with van der Waals surface area (Å²) in [5.74, 6) is 0.329. The first kappa shape index (κ1) is 19.2. The minimum atomic E-state index is 0.329. The molecule has 2 nitrogen and oxygen atoms in total. The molecule has 0 spiro atoms. The zero-order valence-electron chi connectivity index (χ0n) is 12.6. The Morgan fingerprint density at radius 1 is 1.29 bits per heavy atom. The van der Waals surface area contributed by atoms with E-state index in [4.69, 9.17) is 0 Å². The smallest absolute Gasteiger partial charge is 0.222 e. The van der Waals surface area contributed by atoms with Crippen LogP contribution in [-0.4, -0.2) is 29.1 Å². The molecule has 1 saturated heterocycles. The minimum absolute atomic E-state index is 0.329. The predicted molar refractivity (Wildman–Crippen MR) is 81.5 cm³/mol. The average Bonchev–Trinajstić information content (AvgIpc) is 2.62. The summed E-state index contributed by atoms with van der Waals surface area (Å²) < 4.78 is 0. The number of nitrogens with zero attached hydrogens (tertiary/aromatic N) is 1. The van der Waals surface area contributed by atoms with Crippen molar-refractivity contribution < 1.29 is 4.79 Å². The molecule has 3 unspecified atom stereocenters. The van der Waals surface area contributed by atoms with Crippen LogP contribution >= 0.6 is 9.24 Å². The predicted octanol–water partition coefficient (Wildman–Crippen LogP) is 4.09. The fourth-order valence-electron chi connectivity index (χ4n) is 1.78. The maximum atomic E-state index is 11.5. The van der Waals surface area contributed by atoms with E-state index >= 15 is 0 Å². The molecular weight excluding hydrogens is 229 g/mol. The molecule has 3 heteroatoms. The van der Waals surface area contributed by atoms with Gasteiger partial charge in [0.05, 0.1) is 0 Å². The lowest BCUT2D eigenvalue weighted by Gasteiger charge is -2.20.